The molecule has 1 fully saturated rings. The van der Waals surface area contributed by atoms with Crippen molar-refractivity contribution in [2.75, 3.05) is 32.8 Å². The van der Waals surface area contributed by atoms with Crippen LogP contribution in [0.1, 0.15) is 27.7 Å². The van der Waals surface area contributed by atoms with Gasteiger partial charge in [-0.25, -0.2) is 4.98 Å². The molecular weight excluding hydrogens is 386 g/mol. The van der Waals surface area contributed by atoms with E-state index >= 15 is 0 Å². The summed E-state index contributed by atoms with van der Waals surface area (Å²) in [5.41, 5.74) is 3.65. The van der Waals surface area contributed by atoms with Gasteiger partial charge in [0.1, 0.15) is 10.7 Å². The van der Waals surface area contributed by atoms with Crippen molar-refractivity contribution in [2.24, 2.45) is 7.05 Å². The quantitative estimate of drug-likeness (QED) is 0.675. The summed E-state index contributed by atoms with van der Waals surface area (Å²) in [7, 11) is 1.86. The SMILES string of the molecule is Cc1ccc([C@H](CN2CCOCC2)NC(=O)c2csc(-c3cnn(C)c3)n2)cc1. The number of nitrogens with zero attached hydrogens (tertiary/aromatic N) is 4. The van der Waals surface area contributed by atoms with Crippen molar-refractivity contribution in [1.29, 1.82) is 0 Å². The fraction of sp³-hybridized carbons (Fsp3) is 0.381. The van der Waals surface area contributed by atoms with Crippen molar-refractivity contribution in [1.82, 2.24) is 25.0 Å². The highest BCUT2D eigenvalue weighted by Gasteiger charge is 2.22. The maximum absolute atomic E-state index is 13.0. The summed E-state index contributed by atoms with van der Waals surface area (Å²) in [6, 6.07) is 8.23. The Hall–Kier alpha value is -2.55. The van der Waals surface area contributed by atoms with E-state index in [1.807, 2.05) is 13.2 Å². The Bertz CT molecular complexity index is 960. The Morgan fingerprint density at radius 3 is 2.72 bits per heavy atom. The third-order valence-corrected chi connectivity index (χ3v) is 5.91. The Balaban J connectivity index is 1.50. The summed E-state index contributed by atoms with van der Waals surface area (Å²) in [4.78, 5) is 19.8. The summed E-state index contributed by atoms with van der Waals surface area (Å²) in [6.07, 6.45) is 3.65. The zero-order chi connectivity index (χ0) is 20.2. The van der Waals surface area contributed by atoms with Gasteiger partial charge in [0.2, 0.25) is 0 Å². The number of nitrogens with one attached hydrogen (secondary N) is 1. The zero-order valence-electron chi connectivity index (χ0n) is 16.7. The number of carbonyl (C=O) groups excluding carboxylic acids is 1. The summed E-state index contributed by atoms with van der Waals surface area (Å²) in [5.74, 6) is -0.157. The molecule has 0 aliphatic carbocycles. The van der Waals surface area contributed by atoms with Gasteiger partial charge in [0.25, 0.3) is 5.91 Å². The normalized spacial score (nSPS) is 15.9. The van der Waals surface area contributed by atoms with Gasteiger partial charge in [0.05, 0.1) is 25.5 Å². The van der Waals surface area contributed by atoms with E-state index in [4.69, 9.17) is 4.74 Å². The molecule has 2 aromatic heterocycles. The van der Waals surface area contributed by atoms with Gasteiger partial charge in [-0.2, -0.15) is 5.10 Å². The Morgan fingerprint density at radius 1 is 1.28 bits per heavy atom. The molecule has 4 rings (SSSR count). The number of ether oxygens (including phenoxy) is 1. The van der Waals surface area contributed by atoms with E-state index in [9.17, 15) is 4.79 Å². The van der Waals surface area contributed by atoms with Crippen LogP contribution in [0.4, 0.5) is 0 Å². The van der Waals surface area contributed by atoms with E-state index in [0.717, 1.165) is 49.0 Å². The van der Waals surface area contributed by atoms with E-state index in [1.165, 1.54) is 16.9 Å². The monoisotopic (exact) mass is 411 g/mol. The first-order valence-corrected chi connectivity index (χ1v) is 10.6. The summed E-state index contributed by atoms with van der Waals surface area (Å²) < 4.78 is 7.18. The van der Waals surface area contributed by atoms with Crippen LogP contribution in [0.15, 0.2) is 42.0 Å². The molecular formula is C21H25N5O2S. The molecule has 0 saturated carbocycles. The second kappa shape index (κ2) is 8.86. The highest BCUT2D eigenvalue weighted by Crippen LogP contribution is 2.24. The maximum Gasteiger partial charge on any atom is 0.271 e. The number of carbonyl (C=O) groups is 1. The van der Waals surface area contributed by atoms with E-state index in [2.05, 4.69) is 51.5 Å². The predicted octanol–water partition coefficient (Wildman–Crippen LogP) is 2.66. The lowest BCUT2D eigenvalue weighted by molar-refractivity contribution is 0.0332. The molecule has 0 spiro atoms. The predicted molar refractivity (Wildman–Crippen MR) is 113 cm³/mol. The molecule has 1 saturated heterocycles. The van der Waals surface area contributed by atoms with Crippen LogP contribution in [0.2, 0.25) is 0 Å². The van der Waals surface area contributed by atoms with Crippen molar-refractivity contribution in [3.05, 3.63) is 58.9 Å². The number of hydrogen-bond acceptors (Lipinski definition) is 6. The van der Waals surface area contributed by atoms with Crippen LogP contribution < -0.4 is 5.32 Å². The minimum atomic E-state index is -0.157. The van der Waals surface area contributed by atoms with Crippen molar-refractivity contribution < 1.29 is 9.53 Å². The lowest BCUT2D eigenvalue weighted by atomic mass is 10.0. The van der Waals surface area contributed by atoms with Crippen molar-refractivity contribution in [3.8, 4) is 10.6 Å². The van der Waals surface area contributed by atoms with Gasteiger partial charge in [0.15, 0.2) is 0 Å². The maximum atomic E-state index is 13.0. The third-order valence-electron chi connectivity index (χ3n) is 5.02. The number of benzene rings is 1. The molecule has 1 N–H and O–H groups in total. The molecule has 1 amide bonds. The average Bonchev–Trinajstić information content (AvgIpc) is 3.38. The lowest BCUT2D eigenvalue weighted by Crippen LogP contribution is -2.43. The number of amides is 1. The van der Waals surface area contributed by atoms with Crippen LogP contribution in [0, 0.1) is 6.92 Å². The van der Waals surface area contributed by atoms with Crippen LogP contribution in [0.3, 0.4) is 0 Å². The molecule has 0 bridgehead atoms. The molecule has 0 radical (unpaired) electrons. The second-order valence-corrected chi connectivity index (χ2v) is 8.15. The molecule has 29 heavy (non-hydrogen) atoms. The van der Waals surface area contributed by atoms with Gasteiger partial charge >= 0.3 is 0 Å². The lowest BCUT2D eigenvalue weighted by Gasteiger charge is -2.31. The summed E-state index contributed by atoms with van der Waals surface area (Å²) in [6.45, 7) is 6.02. The fourth-order valence-corrected chi connectivity index (χ4v) is 4.13. The first-order chi connectivity index (χ1) is 14.1. The number of rotatable bonds is 6. The Morgan fingerprint density at radius 2 is 2.03 bits per heavy atom. The third kappa shape index (κ3) is 4.90. The molecule has 1 aromatic carbocycles. The van der Waals surface area contributed by atoms with Crippen LogP contribution in [-0.2, 0) is 11.8 Å². The largest absolute Gasteiger partial charge is 0.379 e. The molecule has 3 heterocycles. The molecule has 1 aliphatic heterocycles. The number of aromatic nitrogens is 3. The van der Waals surface area contributed by atoms with Gasteiger partial charge < -0.3 is 10.1 Å². The van der Waals surface area contributed by atoms with E-state index in [0.29, 0.717) is 5.69 Å². The zero-order valence-corrected chi connectivity index (χ0v) is 17.5. The second-order valence-electron chi connectivity index (χ2n) is 7.29. The van der Waals surface area contributed by atoms with Crippen LogP contribution >= 0.6 is 11.3 Å². The van der Waals surface area contributed by atoms with Crippen molar-refractivity contribution in [3.63, 3.8) is 0 Å². The Kier molecular flexibility index (Phi) is 6.03. The van der Waals surface area contributed by atoms with E-state index in [1.54, 1.807) is 16.3 Å². The van der Waals surface area contributed by atoms with Crippen LogP contribution in [-0.4, -0.2) is 58.4 Å². The van der Waals surface area contributed by atoms with E-state index in [-0.39, 0.29) is 11.9 Å². The molecule has 7 nitrogen and oxygen atoms in total. The highest BCUT2D eigenvalue weighted by atomic mass is 32.1. The smallest absolute Gasteiger partial charge is 0.271 e. The summed E-state index contributed by atoms with van der Waals surface area (Å²) in [5, 5.41) is 9.96. The summed E-state index contributed by atoms with van der Waals surface area (Å²) >= 11 is 1.45. The standard InChI is InChI=1S/C21H25N5O2S/c1-15-3-5-16(6-4-15)18(13-26-7-9-28-10-8-26)23-20(27)19-14-29-21(24-19)17-11-22-25(2)12-17/h3-6,11-12,14,18H,7-10,13H2,1-2H3,(H,23,27)/t18-/m0/s1. The minimum absolute atomic E-state index is 0.107. The van der Waals surface area contributed by atoms with Gasteiger partial charge in [-0.1, -0.05) is 29.8 Å². The highest BCUT2D eigenvalue weighted by molar-refractivity contribution is 7.13. The van der Waals surface area contributed by atoms with Gasteiger partial charge in [-0.15, -0.1) is 11.3 Å². The molecule has 3 aromatic rings. The molecule has 152 valence electrons. The van der Waals surface area contributed by atoms with Gasteiger partial charge in [-0.3, -0.25) is 14.4 Å². The first-order valence-electron chi connectivity index (χ1n) is 9.70. The van der Waals surface area contributed by atoms with E-state index < -0.39 is 0 Å². The molecule has 1 aliphatic rings. The van der Waals surface area contributed by atoms with Gasteiger partial charge in [0, 0.05) is 43.8 Å². The molecule has 0 unspecified atom stereocenters. The minimum Gasteiger partial charge on any atom is -0.379 e. The van der Waals surface area contributed by atoms with Gasteiger partial charge in [-0.05, 0) is 12.5 Å². The number of morpholine rings is 1. The molecule has 1 atom stereocenters. The first kappa shape index (κ1) is 19.8. The van der Waals surface area contributed by atoms with Crippen LogP contribution in [0.25, 0.3) is 10.6 Å². The fourth-order valence-electron chi connectivity index (χ4n) is 3.35. The number of aryl methyl sites for hydroxylation is 2. The topological polar surface area (TPSA) is 72.3 Å². The number of hydrogen-bond donors (Lipinski definition) is 1. The average molecular weight is 412 g/mol. The van der Waals surface area contributed by atoms with Crippen molar-refractivity contribution in [2.45, 2.75) is 13.0 Å². The van der Waals surface area contributed by atoms with Crippen molar-refractivity contribution >= 4 is 17.2 Å². The van der Waals surface area contributed by atoms with Crippen LogP contribution in [0.5, 0.6) is 0 Å². The molecule has 8 heteroatoms. The Labute approximate surface area is 174 Å². The number of thiazole rings is 1.